The molecule has 0 heterocycles. The molecule has 0 atom stereocenters. The van der Waals surface area contributed by atoms with Gasteiger partial charge < -0.3 is 4.74 Å². The van der Waals surface area contributed by atoms with Crippen molar-refractivity contribution in [1.82, 2.24) is 0 Å². The van der Waals surface area contributed by atoms with Crippen LogP contribution in [0.2, 0.25) is 0 Å². The molecular formula is C18H20O2. The van der Waals surface area contributed by atoms with E-state index >= 15 is 0 Å². The summed E-state index contributed by atoms with van der Waals surface area (Å²) < 4.78 is 5.78. The summed E-state index contributed by atoms with van der Waals surface area (Å²) >= 11 is 0. The molecule has 0 aromatic heterocycles. The number of hydrogen-bond donors (Lipinski definition) is 0. The van der Waals surface area contributed by atoms with Gasteiger partial charge in [0, 0.05) is 5.56 Å². The first kappa shape index (κ1) is 14.3. The van der Waals surface area contributed by atoms with Crippen LogP contribution >= 0.6 is 0 Å². The molecule has 0 saturated heterocycles. The zero-order chi connectivity index (χ0) is 14.4. The minimum Gasteiger partial charge on any atom is -0.493 e. The SMILES string of the molecule is CC(=O)c1ccc(OCCCc2ccccc2)c(C)c1. The van der Waals surface area contributed by atoms with Gasteiger partial charge in [0.2, 0.25) is 0 Å². The Bertz CT molecular complexity index is 573. The maximum Gasteiger partial charge on any atom is 0.159 e. The zero-order valence-corrected chi connectivity index (χ0v) is 12.1. The summed E-state index contributed by atoms with van der Waals surface area (Å²) in [5, 5.41) is 0. The summed E-state index contributed by atoms with van der Waals surface area (Å²) in [4.78, 5) is 11.3. The normalized spacial score (nSPS) is 10.3. The Morgan fingerprint density at radius 3 is 2.50 bits per heavy atom. The smallest absolute Gasteiger partial charge is 0.159 e. The molecular weight excluding hydrogens is 248 g/mol. The number of carbonyl (C=O) groups is 1. The van der Waals surface area contributed by atoms with E-state index in [-0.39, 0.29) is 5.78 Å². The first-order valence-electron chi connectivity index (χ1n) is 6.95. The fourth-order valence-corrected chi connectivity index (χ4v) is 2.13. The van der Waals surface area contributed by atoms with E-state index in [2.05, 4.69) is 24.3 Å². The number of benzene rings is 2. The minimum atomic E-state index is 0.0868. The van der Waals surface area contributed by atoms with Crippen LogP contribution < -0.4 is 4.74 Å². The molecule has 0 spiro atoms. The highest BCUT2D eigenvalue weighted by Gasteiger charge is 2.04. The number of carbonyl (C=O) groups excluding carboxylic acids is 1. The summed E-state index contributed by atoms with van der Waals surface area (Å²) in [5.74, 6) is 0.951. The largest absolute Gasteiger partial charge is 0.493 e. The minimum absolute atomic E-state index is 0.0868. The third-order valence-corrected chi connectivity index (χ3v) is 3.29. The zero-order valence-electron chi connectivity index (χ0n) is 12.1. The van der Waals surface area contributed by atoms with Crippen LogP contribution in [0.15, 0.2) is 48.5 Å². The van der Waals surface area contributed by atoms with E-state index in [0.29, 0.717) is 6.61 Å². The molecule has 0 fully saturated rings. The molecule has 0 aliphatic rings. The Kier molecular flexibility index (Phi) is 4.94. The number of ether oxygens (including phenoxy) is 1. The third kappa shape index (κ3) is 3.95. The summed E-state index contributed by atoms with van der Waals surface area (Å²) in [6.45, 7) is 4.24. The topological polar surface area (TPSA) is 26.3 Å². The third-order valence-electron chi connectivity index (χ3n) is 3.29. The van der Waals surface area contributed by atoms with E-state index in [9.17, 15) is 4.79 Å². The Balaban J connectivity index is 1.84. The van der Waals surface area contributed by atoms with Crippen LogP contribution in [0, 0.1) is 6.92 Å². The lowest BCUT2D eigenvalue weighted by Gasteiger charge is -2.10. The Morgan fingerprint density at radius 2 is 1.85 bits per heavy atom. The molecule has 0 saturated carbocycles. The monoisotopic (exact) mass is 268 g/mol. The second-order valence-corrected chi connectivity index (χ2v) is 4.97. The highest BCUT2D eigenvalue weighted by atomic mass is 16.5. The molecule has 2 aromatic rings. The van der Waals surface area contributed by atoms with Crippen LogP contribution in [0.4, 0.5) is 0 Å². The van der Waals surface area contributed by atoms with Crippen molar-refractivity contribution < 1.29 is 9.53 Å². The van der Waals surface area contributed by atoms with E-state index in [0.717, 1.165) is 29.7 Å². The van der Waals surface area contributed by atoms with Crippen molar-refractivity contribution in [3.8, 4) is 5.75 Å². The molecule has 104 valence electrons. The van der Waals surface area contributed by atoms with E-state index in [1.54, 1.807) is 6.92 Å². The van der Waals surface area contributed by atoms with Gasteiger partial charge in [-0.15, -0.1) is 0 Å². The van der Waals surface area contributed by atoms with Gasteiger partial charge in [0.15, 0.2) is 5.78 Å². The molecule has 0 aliphatic carbocycles. The van der Waals surface area contributed by atoms with Crippen LogP contribution in [-0.4, -0.2) is 12.4 Å². The van der Waals surface area contributed by atoms with Crippen molar-refractivity contribution in [3.63, 3.8) is 0 Å². The summed E-state index contributed by atoms with van der Waals surface area (Å²) in [6.07, 6.45) is 2.00. The van der Waals surface area contributed by atoms with Crippen molar-refractivity contribution in [2.75, 3.05) is 6.61 Å². The van der Waals surface area contributed by atoms with Crippen LogP contribution in [0.3, 0.4) is 0 Å². The number of ketones is 1. The predicted octanol–water partition coefficient (Wildman–Crippen LogP) is 4.21. The average molecular weight is 268 g/mol. The number of rotatable bonds is 6. The maximum absolute atomic E-state index is 11.3. The first-order valence-corrected chi connectivity index (χ1v) is 6.95. The molecule has 0 unspecified atom stereocenters. The molecule has 2 nitrogen and oxygen atoms in total. The van der Waals surface area contributed by atoms with Crippen LogP contribution in [0.1, 0.15) is 34.8 Å². The molecule has 0 aliphatic heterocycles. The lowest BCUT2D eigenvalue weighted by Crippen LogP contribution is -2.02. The molecule has 2 rings (SSSR count). The molecule has 0 radical (unpaired) electrons. The van der Waals surface area contributed by atoms with Gasteiger partial charge in [-0.1, -0.05) is 30.3 Å². The van der Waals surface area contributed by atoms with Crippen molar-refractivity contribution in [3.05, 3.63) is 65.2 Å². The quantitative estimate of drug-likeness (QED) is 0.579. The van der Waals surface area contributed by atoms with Gasteiger partial charge in [0.25, 0.3) is 0 Å². The van der Waals surface area contributed by atoms with Crippen LogP contribution in [0.5, 0.6) is 5.75 Å². The van der Waals surface area contributed by atoms with Gasteiger partial charge in [-0.2, -0.15) is 0 Å². The Morgan fingerprint density at radius 1 is 1.10 bits per heavy atom. The van der Waals surface area contributed by atoms with Crippen molar-refractivity contribution in [2.45, 2.75) is 26.7 Å². The lowest BCUT2D eigenvalue weighted by molar-refractivity contribution is 0.101. The van der Waals surface area contributed by atoms with Gasteiger partial charge in [-0.3, -0.25) is 4.79 Å². The highest BCUT2D eigenvalue weighted by Crippen LogP contribution is 2.19. The van der Waals surface area contributed by atoms with Gasteiger partial charge in [-0.25, -0.2) is 0 Å². The van der Waals surface area contributed by atoms with Gasteiger partial charge in [-0.05, 0) is 56.0 Å². The molecule has 0 bridgehead atoms. The summed E-state index contributed by atoms with van der Waals surface area (Å²) in [6, 6.07) is 16.0. The predicted molar refractivity (Wildman–Crippen MR) is 81.4 cm³/mol. The van der Waals surface area contributed by atoms with E-state index < -0.39 is 0 Å². The molecule has 2 heteroatoms. The van der Waals surface area contributed by atoms with Crippen molar-refractivity contribution >= 4 is 5.78 Å². The number of Topliss-reactive ketones (excluding diaryl/α,β-unsaturated/α-hetero) is 1. The lowest BCUT2D eigenvalue weighted by atomic mass is 10.1. The molecule has 2 aromatic carbocycles. The standard InChI is InChI=1S/C18H20O2/c1-14-13-17(15(2)19)10-11-18(14)20-12-6-9-16-7-4-3-5-8-16/h3-5,7-8,10-11,13H,6,9,12H2,1-2H3. The van der Waals surface area contributed by atoms with E-state index in [1.807, 2.05) is 31.2 Å². The van der Waals surface area contributed by atoms with Gasteiger partial charge in [0.1, 0.15) is 5.75 Å². The second-order valence-electron chi connectivity index (χ2n) is 4.97. The Labute approximate surface area is 120 Å². The van der Waals surface area contributed by atoms with Crippen molar-refractivity contribution in [2.24, 2.45) is 0 Å². The first-order chi connectivity index (χ1) is 9.66. The fraction of sp³-hybridized carbons (Fsp3) is 0.278. The molecule has 20 heavy (non-hydrogen) atoms. The molecule has 0 amide bonds. The van der Waals surface area contributed by atoms with Crippen LogP contribution in [0.25, 0.3) is 0 Å². The fourth-order valence-electron chi connectivity index (χ4n) is 2.13. The van der Waals surface area contributed by atoms with Gasteiger partial charge in [0.05, 0.1) is 6.61 Å². The average Bonchev–Trinajstić information content (AvgIpc) is 2.46. The van der Waals surface area contributed by atoms with E-state index in [1.165, 1.54) is 5.56 Å². The van der Waals surface area contributed by atoms with Gasteiger partial charge >= 0.3 is 0 Å². The Hall–Kier alpha value is -2.09. The second kappa shape index (κ2) is 6.90. The van der Waals surface area contributed by atoms with Crippen molar-refractivity contribution in [1.29, 1.82) is 0 Å². The van der Waals surface area contributed by atoms with E-state index in [4.69, 9.17) is 4.74 Å². The number of hydrogen-bond acceptors (Lipinski definition) is 2. The summed E-state index contributed by atoms with van der Waals surface area (Å²) in [5.41, 5.74) is 3.08. The van der Waals surface area contributed by atoms with Crippen LogP contribution in [-0.2, 0) is 6.42 Å². The maximum atomic E-state index is 11.3. The summed E-state index contributed by atoms with van der Waals surface area (Å²) in [7, 11) is 0. The number of aryl methyl sites for hydroxylation is 2. The highest BCUT2D eigenvalue weighted by molar-refractivity contribution is 5.94. The molecule has 0 N–H and O–H groups in total.